The van der Waals surface area contributed by atoms with Gasteiger partial charge in [0.05, 0.1) is 4.47 Å². The number of rotatable bonds is 8. The zero-order chi connectivity index (χ0) is 15.2. The second kappa shape index (κ2) is 9.68. The van der Waals surface area contributed by atoms with E-state index in [9.17, 15) is 17.2 Å². The van der Waals surface area contributed by atoms with Gasteiger partial charge in [0.25, 0.3) is 0 Å². The lowest BCUT2D eigenvalue weighted by Crippen LogP contribution is -2.25. The highest BCUT2D eigenvalue weighted by Crippen LogP contribution is 2.23. The molecule has 1 aromatic rings. The van der Waals surface area contributed by atoms with Gasteiger partial charge < -0.3 is 5.73 Å². The first kappa shape index (κ1) is 20.7. The smallest absolute Gasteiger partial charge is 0.243 e. The van der Waals surface area contributed by atoms with Crippen LogP contribution in [0.15, 0.2) is 21.5 Å². The summed E-state index contributed by atoms with van der Waals surface area (Å²) < 4.78 is 52.6. The molecule has 3 N–H and O–H groups in total. The quantitative estimate of drug-likeness (QED) is 0.514. The van der Waals surface area contributed by atoms with E-state index in [0.29, 0.717) is 19.0 Å². The maximum absolute atomic E-state index is 13.5. The zero-order valence-corrected chi connectivity index (χ0v) is 14.5. The Balaban J connectivity index is 0.00000400. The Morgan fingerprint density at radius 3 is 2.33 bits per heavy atom. The molecule has 0 amide bonds. The Hall–Kier alpha value is -0.280. The molecule has 0 aliphatic rings. The van der Waals surface area contributed by atoms with E-state index in [2.05, 4.69) is 20.7 Å². The predicted molar refractivity (Wildman–Crippen MR) is 84.0 cm³/mol. The Kier molecular flexibility index (Phi) is 9.55. The van der Waals surface area contributed by atoms with Crippen molar-refractivity contribution in [3.8, 4) is 0 Å². The molecule has 0 saturated carbocycles. The van der Waals surface area contributed by atoms with Gasteiger partial charge in [0.2, 0.25) is 10.0 Å². The molecule has 0 heterocycles. The normalized spacial score (nSPS) is 11.2. The summed E-state index contributed by atoms with van der Waals surface area (Å²) in [6, 6.07) is 1.46. The molecule has 0 atom stereocenters. The summed E-state index contributed by atoms with van der Waals surface area (Å²) in [7, 11) is -3.97. The number of unbranched alkanes of at least 4 members (excludes halogenated alkanes) is 3. The summed E-state index contributed by atoms with van der Waals surface area (Å²) in [4.78, 5) is -0.562. The van der Waals surface area contributed by atoms with Crippen molar-refractivity contribution in [3.05, 3.63) is 28.2 Å². The lowest BCUT2D eigenvalue weighted by Gasteiger charge is -2.08. The first-order valence-electron chi connectivity index (χ1n) is 6.23. The molecule has 0 saturated heterocycles. The van der Waals surface area contributed by atoms with E-state index < -0.39 is 26.6 Å². The van der Waals surface area contributed by atoms with Gasteiger partial charge in [-0.05, 0) is 41.4 Å². The maximum Gasteiger partial charge on any atom is 0.243 e. The van der Waals surface area contributed by atoms with Crippen LogP contribution in [-0.2, 0) is 10.0 Å². The van der Waals surface area contributed by atoms with E-state index >= 15 is 0 Å². The summed E-state index contributed by atoms with van der Waals surface area (Å²) in [6.45, 7) is 0.821. The topological polar surface area (TPSA) is 72.2 Å². The Bertz CT molecular complexity index is 558. The number of nitrogens with two attached hydrogens (primary N) is 1. The fraction of sp³-hybridized carbons (Fsp3) is 0.500. The fourth-order valence-corrected chi connectivity index (χ4v) is 3.27. The third-order valence-electron chi connectivity index (χ3n) is 2.69. The molecule has 122 valence electrons. The first-order valence-corrected chi connectivity index (χ1v) is 8.50. The molecule has 0 aliphatic carbocycles. The Labute approximate surface area is 138 Å². The van der Waals surface area contributed by atoms with Crippen LogP contribution in [0.5, 0.6) is 0 Å². The summed E-state index contributed by atoms with van der Waals surface area (Å²) in [5, 5.41) is 0. The van der Waals surface area contributed by atoms with Crippen LogP contribution in [0.25, 0.3) is 0 Å². The Morgan fingerprint density at radius 1 is 1.10 bits per heavy atom. The van der Waals surface area contributed by atoms with Gasteiger partial charge >= 0.3 is 0 Å². The molecule has 0 bridgehead atoms. The van der Waals surface area contributed by atoms with Crippen LogP contribution in [0, 0.1) is 11.6 Å². The number of sulfonamides is 1. The molecule has 1 aromatic carbocycles. The number of hydrogen-bond acceptors (Lipinski definition) is 3. The van der Waals surface area contributed by atoms with E-state index in [4.69, 9.17) is 5.73 Å². The molecular formula is C12H18BrClF2N2O2S. The molecule has 4 nitrogen and oxygen atoms in total. The van der Waals surface area contributed by atoms with Crippen LogP contribution >= 0.6 is 28.3 Å². The molecule has 21 heavy (non-hydrogen) atoms. The van der Waals surface area contributed by atoms with Crippen molar-refractivity contribution in [3.63, 3.8) is 0 Å². The molecule has 0 aromatic heterocycles. The number of benzene rings is 1. The molecule has 9 heteroatoms. The molecule has 0 fully saturated rings. The van der Waals surface area contributed by atoms with Crippen LogP contribution in [0.2, 0.25) is 0 Å². The van der Waals surface area contributed by atoms with Crippen LogP contribution in [-0.4, -0.2) is 21.5 Å². The van der Waals surface area contributed by atoms with Gasteiger partial charge in [-0.25, -0.2) is 21.9 Å². The highest BCUT2D eigenvalue weighted by atomic mass is 79.9. The van der Waals surface area contributed by atoms with Crippen molar-refractivity contribution in [1.29, 1.82) is 0 Å². The minimum absolute atomic E-state index is 0. The van der Waals surface area contributed by atoms with Crippen molar-refractivity contribution in [2.45, 2.75) is 30.6 Å². The highest BCUT2D eigenvalue weighted by Gasteiger charge is 2.20. The SMILES string of the molecule is Cl.NCCCCCCNS(=O)(=O)c1cc(Br)c(F)cc1F. The highest BCUT2D eigenvalue weighted by molar-refractivity contribution is 9.10. The molecule has 0 spiro atoms. The summed E-state index contributed by atoms with van der Waals surface area (Å²) in [6.07, 6.45) is 3.31. The van der Waals surface area contributed by atoms with Crippen LogP contribution in [0.1, 0.15) is 25.7 Å². The lowest BCUT2D eigenvalue weighted by molar-refractivity contribution is 0.538. The van der Waals surface area contributed by atoms with E-state index in [1.54, 1.807) is 0 Å². The van der Waals surface area contributed by atoms with Crippen molar-refractivity contribution in [2.24, 2.45) is 5.73 Å². The van der Waals surface area contributed by atoms with E-state index in [1.807, 2.05) is 0 Å². The largest absolute Gasteiger partial charge is 0.330 e. The van der Waals surface area contributed by atoms with Gasteiger partial charge in [-0.2, -0.15) is 0 Å². The van der Waals surface area contributed by atoms with Crippen LogP contribution in [0.4, 0.5) is 8.78 Å². The minimum atomic E-state index is -3.97. The minimum Gasteiger partial charge on any atom is -0.330 e. The van der Waals surface area contributed by atoms with Gasteiger partial charge in [0.1, 0.15) is 16.5 Å². The standard InChI is InChI=1S/C12H17BrF2N2O2S.ClH/c13-9-7-12(11(15)8-10(9)14)20(18,19)17-6-4-2-1-3-5-16;/h7-8,17H,1-6,16H2;1H. The predicted octanol–water partition coefficient (Wildman–Crippen LogP) is 2.95. The van der Waals surface area contributed by atoms with E-state index in [-0.39, 0.29) is 23.4 Å². The van der Waals surface area contributed by atoms with Crippen molar-refractivity contribution >= 4 is 38.4 Å². The average molecular weight is 408 g/mol. The van der Waals surface area contributed by atoms with Crippen molar-refractivity contribution in [2.75, 3.05) is 13.1 Å². The maximum atomic E-state index is 13.5. The van der Waals surface area contributed by atoms with Gasteiger partial charge in [-0.15, -0.1) is 12.4 Å². The third kappa shape index (κ3) is 6.56. The summed E-state index contributed by atoms with van der Waals surface area (Å²) in [5.74, 6) is -1.95. The third-order valence-corrected chi connectivity index (χ3v) is 4.77. The van der Waals surface area contributed by atoms with Gasteiger partial charge in [-0.1, -0.05) is 12.8 Å². The van der Waals surface area contributed by atoms with Crippen molar-refractivity contribution in [1.82, 2.24) is 4.72 Å². The van der Waals surface area contributed by atoms with Crippen molar-refractivity contribution < 1.29 is 17.2 Å². The molecule has 0 aliphatic heterocycles. The van der Waals surface area contributed by atoms with Gasteiger partial charge in [0, 0.05) is 12.6 Å². The fourth-order valence-electron chi connectivity index (χ4n) is 1.62. The number of halogens is 4. The second-order valence-corrected chi connectivity index (χ2v) is 6.89. The second-order valence-electron chi connectivity index (χ2n) is 4.30. The zero-order valence-electron chi connectivity index (χ0n) is 11.2. The van der Waals surface area contributed by atoms with E-state index in [1.165, 1.54) is 0 Å². The van der Waals surface area contributed by atoms with E-state index in [0.717, 1.165) is 25.3 Å². The average Bonchev–Trinajstić information content (AvgIpc) is 2.37. The molecule has 0 unspecified atom stereocenters. The Morgan fingerprint density at radius 2 is 1.71 bits per heavy atom. The number of nitrogens with one attached hydrogen (secondary N) is 1. The van der Waals surface area contributed by atoms with Gasteiger partial charge in [0.15, 0.2) is 0 Å². The molecule has 0 radical (unpaired) electrons. The lowest BCUT2D eigenvalue weighted by atomic mass is 10.2. The first-order chi connectivity index (χ1) is 9.38. The monoisotopic (exact) mass is 406 g/mol. The number of hydrogen-bond donors (Lipinski definition) is 2. The van der Waals surface area contributed by atoms with Crippen LogP contribution in [0.3, 0.4) is 0 Å². The summed E-state index contributed by atoms with van der Waals surface area (Å²) >= 11 is 2.84. The molecular weight excluding hydrogens is 390 g/mol. The van der Waals surface area contributed by atoms with Gasteiger partial charge in [-0.3, -0.25) is 0 Å². The molecule has 1 rings (SSSR count). The summed E-state index contributed by atoms with van der Waals surface area (Å²) in [5.41, 5.74) is 5.34. The van der Waals surface area contributed by atoms with Crippen LogP contribution < -0.4 is 10.5 Å².